The summed E-state index contributed by atoms with van der Waals surface area (Å²) in [4.78, 5) is 35.7. The third-order valence-electron chi connectivity index (χ3n) is 5.35. The van der Waals surface area contributed by atoms with Gasteiger partial charge in [0.2, 0.25) is 23.6 Å². The lowest BCUT2D eigenvalue weighted by atomic mass is 9.92. The molecule has 3 fully saturated rings. The molecule has 0 spiro atoms. The molecule has 0 radical (unpaired) electrons. The van der Waals surface area contributed by atoms with Gasteiger partial charge in [-0.15, -0.1) is 0 Å². The molecule has 2 saturated heterocycles. The van der Waals surface area contributed by atoms with Gasteiger partial charge < -0.3 is 21.7 Å². The Morgan fingerprint density at radius 2 is 2.12 bits per heavy atom. The van der Waals surface area contributed by atoms with Crippen molar-refractivity contribution in [2.24, 2.45) is 23.5 Å². The van der Waals surface area contributed by atoms with Crippen molar-refractivity contribution in [3.8, 4) is 0 Å². The number of fused-ring (bicyclic) bond motifs is 1. The molecular weight excluding hydrogens is 322 g/mol. The molecule has 2 heterocycles. The van der Waals surface area contributed by atoms with Crippen LogP contribution in [-0.4, -0.2) is 48.8 Å². The minimum Gasteiger partial charge on any atom is -0.368 e. The molecule has 0 aromatic heterocycles. The molecule has 3 aliphatic rings. The van der Waals surface area contributed by atoms with E-state index >= 15 is 0 Å². The topological polar surface area (TPSA) is 113 Å². The summed E-state index contributed by atoms with van der Waals surface area (Å²) in [6.45, 7) is 0.899. The van der Waals surface area contributed by atoms with Crippen LogP contribution in [0.4, 0.5) is 8.78 Å². The number of carbonyl (C=O) groups is 3. The number of nitrogens with two attached hydrogens (primary N) is 1. The zero-order valence-electron chi connectivity index (χ0n) is 13.2. The van der Waals surface area contributed by atoms with Gasteiger partial charge in [0.05, 0.1) is 6.04 Å². The molecule has 2 aliphatic heterocycles. The SMILES string of the molecule is NC(=O)[C@H](C[C@@H]1CCNC1=O)NC(=O)[C@H]1NC[C@@H]2CC(F)(F)C[C@@H]21. The summed E-state index contributed by atoms with van der Waals surface area (Å²) in [6.07, 6.45) is 0.173. The molecule has 0 aromatic rings. The van der Waals surface area contributed by atoms with Crippen LogP contribution in [0.2, 0.25) is 0 Å². The first-order valence-electron chi connectivity index (χ1n) is 8.25. The van der Waals surface area contributed by atoms with Crippen molar-refractivity contribution in [2.45, 2.75) is 43.7 Å². The molecule has 3 amide bonds. The molecule has 9 heteroatoms. The van der Waals surface area contributed by atoms with Gasteiger partial charge in [-0.3, -0.25) is 14.4 Å². The summed E-state index contributed by atoms with van der Waals surface area (Å²) in [5, 5.41) is 8.17. The second-order valence-corrected chi connectivity index (χ2v) is 7.05. The maximum atomic E-state index is 13.5. The van der Waals surface area contributed by atoms with Gasteiger partial charge in [-0.05, 0) is 31.2 Å². The Morgan fingerprint density at radius 3 is 2.75 bits per heavy atom. The van der Waals surface area contributed by atoms with Crippen LogP contribution in [0.5, 0.6) is 0 Å². The maximum Gasteiger partial charge on any atom is 0.248 e. The van der Waals surface area contributed by atoms with E-state index in [1.54, 1.807) is 0 Å². The van der Waals surface area contributed by atoms with E-state index in [0.717, 1.165) is 0 Å². The molecule has 0 unspecified atom stereocenters. The summed E-state index contributed by atoms with van der Waals surface area (Å²) < 4.78 is 27.1. The van der Waals surface area contributed by atoms with E-state index < -0.39 is 35.7 Å². The Kier molecular flexibility index (Phi) is 4.46. The van der Waals surface area contributed by atoms with Crippen molar-refractivity contribution in [3.05, 3.63) is 0 Å². The fraction of sp³-hybridized carbons (Fsp3) is 0.800. The quantitative estimate of drug-likeness (QED) is 0.518. The molecule has 0 bridgehead atoms. The van der Waals surface area contributed by atoms with Crippen molar-refractivity contribution in [1.29, 1.82) is 0 Å². The Labute approximate surface area is 138 Å². The summed E-state index contributed by atoms with van der Waals surface area (Å²) in [5.41, 5.74) is 5.33. The molecular formula is C15H22F2N4O3. The number of hydrogen-bond acceptors (Lipinski definition) is 4. The van der Waals surface area contributed by atoms with Crippen molar-refractivity contribution >= 4 is 17.7 Å². The fourth-order valence-corrected chi connectivity index (χ4v) is 4.12. The number of halogens is 2. The number of alkyl halides is 2. The molecule has 1 saturated carbocycles. The monoisotopic (exact) mass is 344 g/mol. The van der Waals surface area contributed by atoms with E-state index in [1.165, 1.54) is 0 Å². The first-order chi connectivity index (χ1) is 11.3. The van der Waals surface area contributed by atoms with E-state index in [2.05, 4.69) is 16.0 Å². The highest BCUT2D eigenvalue weighted by atomic mass is 19.3. The van der Waals surface area contributed by atoms with Crippen LogP contribution in [-0.2, 0) is 14.4 Å². The highest BCUT2D eigenvalue weighted by Gasteiger charge is 2.53. The van der Waals surface area contributed by atoms with Crippen LogP contribution in [0.15, 0.2) is 0 Å². The first-order valence-corrected chi connectivity index (χ1v) is 8.25. The van der Waals surface area contributed by atoms with Crippen molar-refractivity contribution in [3.63, 3.8) is 0 Å². The van der Waals surface area contributed by atoms with Crippen LogP contribution in [0.25, 0.3) is 0 Å². The van der Waals surface area contributed by atoms with Crippen LogP contribution >= 0.6 is 0 Å². The molecule has 5 atom stereocenters. The van der Waals surface area contributed by atoms with E-state index in [-0.39, 0.29) is 37.0 Å². The average molecular weight is 344 g/mol. The average Bonchev–Trinajstić information content (AvgIpc) is 3.12. The molecule has 134 valence electrons. The number of rotatable bonds is 5. The first kappa shape index (κ1) is 17.1. The zero-order chi connectivity index (χ0) is 17.5. The second kappa shape index (κ2) is 6.27. The largest absolute Gasteiger partial charge is 0.368 e. The molecule has 1 aliphatic carbocycles. The number of amides is 3. The molecule has 24 heavy (non-hydrogen) atoms. The van der Waals surface area contributed by atoms with Gasteiger partial charge in [-0.25, -0.2) is 8.78 Å². The lowest BCUT2D eigenvalue weighted by molar-refractivity contribution is -0.130. The van der Waals surface area contributed by atoms with Gasteiger partial charge in [-0.1, -0.05) is 0 Å². The van der Waals surface area contributed by atoms with E-state index in [9.17, 15) is 23.2 Å². The molecule has 3 rings (SSSR count). The third-order valence-corrected chi connectivity index (χ3v) is 5.35. The maximum absolute atomic E-state index is 13.5. The summed E-state index contributed by atoms with van der Waals surface area (Å²) in [5.74, 6) is -5.17. The number of nitrogens with one attached hydrogen (secondary N) is 3. The molecule has 0 aromatic carbocycles. The smallest absolute Gasteiger partial charge is 0.248 e. The van der Waals surface area contributed by atoms with E-state index in [1.807, 2.05) is 0 Å². The van der Waals surface area contributed by atoms with Gasteiger partial charge in [0, 0.05) is 25.3 Å². The lowest BCUT2D eigenvalue weighted by Gasteiger charge is -2.23. The van der Waals surface area contributed by atoms with Crippen LogP contribution in [0, 0.1) is 17.8 Å². The predicted molar refractivity (Wildman–Crippen MR) is 79.8 cm³/mol. The fourth-order valence-electron chi connectivity index (χ4n) is 4.12. The van der Waals surface area contributed by atoms with E-state index in [0.29, 0.717) is 19.5 Å². The van der Waals surface area contributed by atoms with Gasteiger partial charge >= 0.3 is 0 Å². The van der Waals surface area contributed by atoms with Crippen molar-refractivity contribution in [1.82, 2.24) is 16.0 Å². The minimum atomic E-state index is -2.74. The predicted octanol–water partition coefficient (Wildman–Crippen LogP) is -0.884. The van der Waals surface area contributed by atoms with Crippen LogP contribution in [0.3, 0.4) is 0 Å². The Bertz CT molecular complexity index is 557. The Hall–Kier alpha value is -1.77. The van der Waals surface area contributed by atoms with E-state index in [4.69, 9.17) is 5.73 Å². The highest BCUT2D eigenvalue weighted by molar-refractivity contribution is 5.90. The number of hydrogen-bond donors (Lipinski definition) is 4. The normalized spacial score (nSPS) is 35.3. The second-order valence-electron chi connectivity index (χ2n) is 7.05. The third kappa shape index (κ3) is 3.35. The van der Waals surface area contributed by atoms with Gasteiger partial charge in [0.15, 0.2) is 0 Å². The van der Waals surface area contributed by atoms with Crippen LogP contribution in [0.1, 0.15) is 25.7 Å². The summed E-state index contributed by atoms with van der Waals surface area (Å²) >= 11 is 0. The van der Waals surface area contributed by atoms with Crippen molar-refractivity contribution in [2.75, 3.05) is 13.1 Å². The summed E-state index contributed by atoms with van der Waals surface area (Å²) in [6, 6.07) is -1.73. The minimum absolute atomic E-state index is 0.129. The van der Waals surface area contributed by atoms with Crippen LogP contribution < -0.4 is 21.7 Å². The standard InChI is InChI=1S/C15H22F2N4O3/c16-15(17)4-8-6-20-11(9(8)5-15)14(24)21-10(12(18)22)3-7-1-2-19-13(7)23/h7-11,20H,1-6H2,(H2,18,22)(H,19,23)(H,21,24)/t7-,8-,9-,10-,11-/m0/s1. The Morgan fingerprint density at radius 1 is 1.38 bits per heavy atom. The number of primary amides is 1. The zero-order valence-corrected chi connectivity index (χ0v) is 13.2. The Balaban J connectivity index is 1.61. The number of carbonyl (C=O) groups excluding carboxylic acids is 3. The van der Waals surface area contributed by atoms with Crippen molar-refractivity contribution < 1.29 is 23.2 Å². The van der Waals surface area contributed by atoms with Gasteiger partial charge in [0.25, 0.3) is 0 Å². The van der Waals surface area contributed by atoms with Gasteiger partial charge in [0.1, 0.15) is 6.04 Å². The lowest BCUT2D eigenvalue weighted by Crippen LogP contribution is -2.52. The molecule has 7 nitrogen and oxygen atoms in total. The highest BCUT2D eigenvalue weighted by Crippen LogP contribution is 2.46. The molecule has 5 N–H and O–H groups in total. The van der Waals surface area contributed by atoms with Gasteiger partial charge in [-0.2, -0.15) is 0 Å². The summed E-state index contributed by atoms with van der Waals surface area (Å²) in [7, 11) is 0.